The molecule has 0 aromatic rings. The predicted molar refractivity (Wildman–Crippen MR) is 62.4 cm³/mol. The van der Waals surface area contributed by atoms with E-state index in [1.165, 1.54) is 0 Å². The van der Waals surface area contributed by atoms with Gasteiger partial charge in [-0.2, -0.15) is 0 Å². The van der Waals surface area contributed by atoms with Crippen molar-refractivity contribution in [3.8, 4) is 0 Å². The van der Waals surface area contributed by atoms with Crippen LogP contribution in [0.15, 0.2) is 0 Å². The molecule has 4 nitrogen and oxygen atoms in total. The molecular weight excluding hydrogens is 192 g/mol. The molecule has 0 bridgehead atoms. The van der Waals surface area contributed by atoms with Crippen molar-refractivity contribution in [1.82, 2.24) is 4.90 Å². The molecule has 0 heterocycles. The van der Waals surface area contributed by atoms with Crippen molar-refractivity contribution in [3.05, 3.63) is 0 Å². The Kier molecular flexibility index (Phi) is 7.09. The molecule has 0 spiro atoms. The average Bonchev–Trinajstić information content (AvgIpc) is 2.16. The monoisotopic (exact) mass is 218 g/mol. The van der Waals surface area contributed by atoms with E-state index in [4.69, 9.17) is 15.9 Å². The standard InChI is InChI=1S/C11H26N2O2/c1-4-10(2)9-11(3,12)13(5-7-14)6-8-15/h10,14-15H,4-9,12H2,1-3H3. The lowest BCUT2D eigenvalue weighted by Crippen LogP contribution is -2.56. The molecule has 92 valence electrons. The first kappa shape index (κ1) is 14.8. The second-order valence-corrected chi connectivity index (χ2v) is 4.51. The zero-order valence-electron chi connectivity index (χ0n) is 10.2. The number of hydrogen-bond acceptors (Lipinski definition) is 4. The van der Waals surface area contributed by atoms with Gasteiger partial charge < -0.3 is 15.9 Å². The van der Waals surface area contributed by atoms with Crippen LogP contribution in [0.3, 0.4) is 0 Å². The Labute approximate surface area is 93.1 Å². The largest absolute Gasteiger partial charge is 0.395 e. The third-order valence-electron chi connectivity index (χ3n) is 2.92. The molecule has 0 aromatic heterocycles. The molecule has 0 amide bonds. The molecule has 0 saturated carbocycles. The number of nitrogens with two attached hydrogens (primary N) is 1. The van der Waals surface area contributed by atoms with E-state index in [0.29, 0.717) is 19.0 Å². The minimum Gasteiger partial charge on any atom is -0.395 e. The molecule has 0 aliphatic heterocycles. The summed E-state index contributed by atoms with van der Waals surface area (Å²) in [5, 5.41) is 17.9. The van der Waals surface area contributed by atoms with E-state index in [-0.39, 0.29) is 13.2 Å². The van der Waals surface area contributed by atoms with Gasteiger partial charge in [-0.15, -0.1) is 0 Å². The molecule has 0 aromatic carbocycles. The van der Waals surface area contributed by atoms with Crippen LogP contribution >= 0.6 is 0 Å². The van der Waals surface area contributed by atoms with Crippen molar-refractivity contribution < 1.29 is 10.2 Å². The number of rotatable bonds is 8. The Morgan fingerprint density at radius 2 is 1.73 bits per heavy atom. The van der Waals surface area contributed by atoms with Crippen molar-refractivity contribution in [3.63, 3.8) is 0 Å². The van der Waals surface area contributed by atoms with Crippen molar-refractivity contribution >= 4 is 0 Å². The lowest BCUT2D eigenvalue weighted by molar-refractivity contribution is 0.0488. The molecule has 0 aliphatic carbocycles. The van der Waals surface area contributed by atoms with Gasteiger partial charge in [0.05, 0.1) is 18.9 Å². The summed E-state index contributed by atoms with van der Waals surface area (Å²) in [6.07, 6.45) is 1.97. The normalized spacial score (nSPS) is 17.8. The Morgan fingerprint density at radius 3 is 2.07 bits per heavy atom. The van der Waals surface area contributed by atoms with Crippen LogP contribution in [0, 0.1) is 5.92 Å². The molecule has 2 atom stereocenters. The van der Waals surface area contributed by atoms with Gasteiger partial charge in [0.15, 0.2) is 0 Å². The van der Waals surface area contributed by atoms with Crippen molar-refractivity contribution in [2.45, 2.75) is 39.3 Å². The number of aliphatic hydroxyl groups excluding tert-OH is 2. The Balaban J connectivity index is 4.33. The highest BCUT2D eigenvalue weighted by atomic mass is 16.3. The van der Waals surface area contributed by atoms with Gasteiger partial charge in [0.1, 0.15) is 0 Å². The van der Waals surface area contributed by atoms with Gasteiger partial charge in [-0.3, -0.25) is 4.90 Å². The zero-order valence-corrected chi connectivity index (χ0v) is 10.2. The van der Waals surface area contributed by atoms with E-state index in [9.17, 15) is 0 Å². The summed E-state index contributed by atoms with van der Waals surface area (Å²) in [4.78, 5) is 1.94. The Bertz CT molecular complexity index is 157. The lowest BCUT2D eigenvalue weighted by atomic mass is 9.94. The van der Waals surface area contributed by atoms with Gasteiger partial charge in [0.2, 0.25) is 0 Å². The van der Waals surface area contributed by atoms with E-state index in [2.05, 4.69) is 13.8 Å². The highest BCUT2D eigenvalue weighted by Gasteiger charge is 2.27. The number of aliphatic hydroxyl groups is 2. The first-order valence-corrected chi connectivity index (χ1v) is 5.73. The van der Waals surface area contributed by atoms with Gasteiger partial charge in [0.25, 0.3) is 0 Å². The minimum atomic E-state index is -0.444. The van der Waals surface area contributed by atoms with Crippen molar-refractivity contribution in [1.29, 1.82) is 0 Å². The van der Waals surface area contributed by atoms with Crippen LogP contribution in [0.5, 0.6) is 0 Å². The molecular formula is C11H26N2O2. The number of hydrogen-bond donors (Lipinski definition) is 3. The van der Waals surface area contributed by atoms with E-state index in [0.717, 1.165) is 12.8 Å². The first-order chi connectivity index (χ1) is 6.97. The van der Waals surface area contributed by atoms with Crippen LogP contribution in [0.1, 0.15) is 33.6 Å². The topological polar surface area (TPSA) is 69.7 Å². The molecule has 2 unspecified atom stereocenters. The summed E-state index contributed by atoms with van der Waals surface area (Å²) in [7, 11) is 0. The van der Waals surface area contributed by atoms with Gasteiger partial charge >= 0.3 is 0 Å². The molecule has 0 rings (SSSR count). The van der Waals surface area contributed by atoms with Gasteiger partial charge in [-0.25, -0.2) is 0 Å². The zero-order chi connectivity index (χ0) is 11.9. The maximum Gasteiger partial charge on any atom is 0.0662 e. The third-order valence-corrected chi connectivity index (χ3v) is 2.92. The third kappa shape index (κ3) is 5.47. The minimum absolute atomic E-state index is 0.0767. The van der Waals surface area contributed by atoms with E-state index < -0.39 is 5.66 Å². The van der Waals surface area contributed by atoms with E-state index >= 15 is 0 Å². The maximum atomic E-state index is 8.94. The molecule has 0 fully saturated rings. The Hall–Kier alpha value is -0.160. The van der Waals surface area contributed by atoms with Crippen LogP contribution in [0.2, 0.25) is 0 Å². The summed E-state index contributed by atoms with van der Waals surface area (Å²) in [5.74, 6) is 0.555. The van der Waals surface area contributed by atoms with Crippen LogP contribution in [-0.4, -0.2) is 47.1 Å². The summed E-state index contributed by atoms with van der Waals surface area (Å²) in [6.45, 7) is 7.46. The van der Waals surface area contributed by atoms with Crippen molar-refractivity contribution in [2.24, 2.45) is 11.7 Å². The summed E-state index contributed by atoms with van der Waals surface area (Å²) >= 11 is 0. The molecule has 0 aliphatic rings. The molecule has 4 heteroatoms. The molecule has 0 radical (unpaired) electrons. The van der Waals surface area contributed by atoms with E-state index in [1.54, 1.807) is 0 Å². The average molecular weight is 218 g/mol. The summed E-state index contributed by atoms with van der Waals surface area (Å²) < 4.78 is 0. The van der Waals surface area contributed by atoms with Crippen LogP contribution < -0.4 is 5.73 Å². The fourth-order valence-electron chi connectivity index (χ4n) is 1.84. The number of nitrogens with zero attached hydrogens (tertiary/aromatic N) is 1. The first-order valence-electron chi connectivity index (χ1n) is 5.73. The second kappa shape index (κ2) is 7.17. The SMILES string of the molecule is CCC(C)CC(C)(N)N(CCO)CCO. The van der Waals surface area contributed by atoms with E-state index in [1.807, 2.05) is 11.8 Å². The molecule has 15 heavy (non-hydrogen) atoms. The highest BCUT2D eigenvalue weighted by Crippen LogP contribution is 2.20. The fraction of sp³-hybridized carbons (Fsp3) is 1.00. The molecule has 0 saturated heterocycles. The van der Waals surface area contributed by atoms with Gasteiger partial charge in [0, 0.05) is 13.1 Å². The van der Waals surface area contributed by atoms with Crippen LogP contribution in [0.4, 0.5) is 0 Å². The highest BCUT2D eigenvalue weighted by molar-refractivity contribution is 4.81. The summed E-state index contributed by atoms with van der Waals surface area (Å²) in [5.41, 5.74) is 5.77. The Morgan fingerprint density at radius 1 is 1.27 bits per heavy atom. The maximum absolute atomic E-state index is 8.94. The van der Waals surface area contributed by atoms with Crippen molar-refractivity contribution in [2.75, 3.05) is 26.3 Å². The quantitative estimate of drug-likeness (QED) is 0.515. The second-order valence-electron chi connectivity index (χ2n) is 4.51. The van der Waals surface area contributed by atoms with Gasteiger partial charge in [-0.05, 0) is 19.3 Å². The summed E-state index contributed by atoms with van der Waals surface area (Å²) in [6, 6.07) is 0. The lowest BCUT2D eigenvalue weighted by Gasteiger charge is -2.39. The van der Waals surface area contributed by atoms with Crippen LogP contribution in [-0.2, 0) is 0 Å². The predicted octanol–water partition coefficient (Wildman–Crippen LogP) is 0.384. The van der Waals surface area contributed by atoms with Gasteiger partial charge in [-0.1, -0.05) is 20.3 Å². The van der Waals surface area contributed by atoms with Crippen LogP contribution in [0.25, 0.3) is 0 Å². The smallest absolute Gasteiger partial charge is 0.0662 e. The molecule has 4 N–H and O–H groups in total. The fourth-order valence-corrected chi connectivity index (χ4v) is 1.84.